The van der Waals surface area contributed by atoms with E-state index in [0.717, 1.165) is 18.5 Å². The molecule has 0 aliphatic carbocycles. The zero-order valence-electron chi connectivity index (χ0n) is 14.5. The van der Waals surface area contributed by atoms with Crippen molar-refractivity contribution >= 4 is 17.7 Å². The van der Waals surface area contributed by atoms with Crippen LogP contribution >= 0.6 is 0 Å². The number of hydrogen-bond donors (Lipinski definition) is 1. The summed E-state index contributed by atoms with van der Waals surface area (Å²) < 4.78 is 5.03. The van der Waals surface area contributed by atoms with Gasteiger partial charge in [0.1, 0.15) is 5.69 Å². The van der Waals surface area contributed by atoms with E-state index in [1.165, 1.54) is 0 Å². The maximum Gasteiger partial charge on any atom is 0.409 e. The van der Waals surface area contributed by atoms with Crippen LogP contribution in [0.3, 0.4) is 0 Å². The molecule has 7 heteroatoms. The fourth-order valence-electron chi connectivity index (χ4n) is 2.57. The molecular weight excluding hydrogens is 308 g/mol. The van der Waals surface area contributed by atoms with Crippen molar-refractivity contribution in [3.63, 3.8) is 0 Å². The van der Waals surface area contributed by atoms with Gasteiger partial charge in [-0.3, -0.25) is 9.78 Å². The van der Waals surface area contributed by atoms with Crippen molar-refractivity contribution in [2.75, 3.05) is 44.2 Å². The summed E-state index contributed by atoms with van der Waals surface area (Å²) in [5, 5.41) is 2.88. The van der Waals surface area contributed by atoms with E-state index in [-0.39, 0.29) is 12.0 Å². The van der Waals surface area contributed by atoms with Crippen LogP contribution in [0.4, 0.5) is 10.5 Å². The van der Waals surface area contributed by atoms with E-state index >= 15 is 0 Å². The molecule has 0 radical (unpaired) electrons. The molecule has 24 heavy (non-hydrogen) atoms. The lowest BCUT2D eigenvalue weighted by Gasteiger charge is -2.35. The molecule has 0 atom stereocenters. The highest BCUT2D eigenvalue weighted by molar-refractivity contribution is 5.93. The van der Waals surface area contributed by atoms with Gasteiger partial charge in [-0.15, -0.1) is 0 Å². The molecule has 1 saturated heterocycles. The highest BCUT2D eigenvalue weighted by Crippen LogP contribution is 2.17. The Morgan fingerprint density at radius 1 is 1.25 bits per heavy atom. The number of carbonyl (C=O) groups excluding carboxylic acids is 2. The smallest absolute Gasteiger partial charge is 0.409 e. The summed E-state index contributed by atoms with van der Waals surface area (Å²) in [4.78, 5) is 31.9. The van der Waals surface area contributed by atoms with Gasteiger partial charge in [0.15, 0.2) is 0 Å². The zero-order valence-corrected chi connectivity index (χ0v) is 14.5. The lowest BCUT2D eigenvalue weighted by Crippen LogP contribution is -2.49. The third-order valence-corrected chi connectivity index (χ3v) is 3.96. The van der Waals surface area contributed by atoms with Crippen LogP contribution < -0.4 is 10.2 Å². The number of nitrogens with zero attached hydrogens (tertiary/aromatic N) is 3. The fraction of sp³-hybridized carbons (Fsp3) is 0.588. The first kappa shape index (κ1) is 18.0. The van der Waals surface area contributed by atoms with Crippen LogP contribution in [0.25, 0.3) is 0 Å². The number of carbonyl (C=O) groups is 2. The molecular formula is C17H26N4O3. The third-order valence-electron chi connectivity index (χ3n) is 3.96. The summed E-state index contributed by atoms with van der Waals surface area (Å²) in [5.41, 5.74) is 1.38. The predicted octanol–water partition coefficient (Wildman–Crippen LogP) is 1.89. The second kappa shape index (κ2) is 9.10. The topological polar surface area (TPSA) is 74.8 Å². The lowest BCUT2D eigenvalue weighted by molar-refractivity contribution is 0.0948. The van der Waals surface area contributed by atoms with Crippen LogP contribution in [0.5, 0.6) is 0 Å². The summed E-state index contributed by atoms with van der Waals surface area (Å²) in [7, 11) is 0. The van der Waals surface area contributed by atoms with Crippen LogP contribution in [0.15, 0.2) is 18.3 Å². The Morgan fingerprint density at radius 2 is 2.00 bits per heavy atom. The van der Waals surface area contributed by atoms with Crippen molar-refractivity contribution in [1.82, 2.24) is 15.2 Å². The molecule has 1 aromatic rings. The molecule has 1 aliphatic heterocycles. The van der Waals surface area contributed by atoms with E-state index in [1.54, 1.807) is 24.1 Å². The summed E-state index contributed by atoms with van der Waals surface area (Å²) in [6, 6.07) is 3.70. The maximum atomic E-state index is 12.1. The Kier molecular flexibility index (Phi) is 6.84. The average molecular weight is 334 g/mol. The quantitative estimate of drug-likeness (QED) is 0.804. The van der Waals surface area contributed by atoms with Gasteiger partial charge in [0.2, 0.25) is 0 Å². The zero-order chi connectivity index (χ0) is 17.4. The largest absolute Gasteiger partial charge is 0.450 e. The molecule has 0 bridgehead atoms. The monoisotopic (exact) mass is 334 g/mol. The second-order valence-corrected chi connectivity index (χ2v) is 5.68. The van der Waals surface area contributed by atoms with E-state index in [2.05, 4.69) is 22.1 Å². The Bertz CT molecular complexity index is 557. The Morgan fingerprint density at radius 3 is 2.67 bits per heavy atom. The first-order chi connectivity index (χ1) is 11.7. The molecule has 0 saturated carbocycles. The molecule has 0 aromatic carbocycles. The minimum Gasteiger partial charge on any atom is -0.450 e. The van der Waals surface area contributed by atoms with E-state index in [4.69, 9.17) is 4.74 Å². The van der Waals surface area contributed by atoms with Crippen molar-refractivity contribution < 1.29 is 14.3 Å². The average Bonchev–Trinajstić information content (AvgIpc) is 2.62. The van der Waals surface area contributed by atoms with Crippen molar-refractivity contribution in [1.29, 1.82) is 0 Å². The minimum absolute atomic E-state index is 0.143. The van der Waals surface area contributed by atoms with Gasteiger partial charge < -0.3 is 19.9 Å². The van der Waals surface area contributed by atoms with Gasteiger partial charge in [0.05, 0.1) is 6.61 Å². The van der Waals surface area contributed by atoms with Crippen molar-refractivity contribution in [2.45, 2.75) is 26.7 Å². The Labute approximate surface area is 143 Å². The Balaban J connectivity index is 1.92. The normalized spacial score (nSPS) is 14.4. The van der Waals surface area contributed by atoms with E-state index in [1.807, 2.05) is 6.07 Å². The van der Waals surface area contributed by atoms with Crippen LogP contribution in [-0.4, -0.2) is 61.2 Å². The molecule has 0 unspecified atom stereocenters. The number of pyridine rings is 1. The van der Waals surface area contributed by atoms with Crippen LogP contribution in [0.1, 0.15) is 37.2 Å². The summed E-state index contributed by atoms with van der Waals surface area (Å²) >= 11 is 0. The molecule has 1 aliphatic rings. The maximum absolute atomic E-state index is 12.1. The number of hydrogen-bond acceptors (Lipinski definition) is 5. The molecule has 2 rings (SSSR count). The second-order valence-electron chi connectivity index (χ2n) is 5.68. The van der Waals surface area contributed by atoms with Gasteiger partial charge in [0, 0.05) is 44.6 Å². The standard InChI is InChI=1S/C17H26N4O3/c1-3-5-7-19-16(22)15-13-14(6-8-18-15)20-9-11-21(12-10-20)17(23)24-4-2/h6,8,13H,3-5,7,9-12H2,1-2H3,(H,19,22). The SMILES string of the molecule is CCCCNC(=O)c1cc(N2CCN(C(=O)OCC)CC2)ccn1. The number of rotatable bonds is 6. The van der Waals surface area contributed by atoms with Crippen molar-refractivity contribution in [3.8, 4) is 0 Å². The van der Waals surface area contributed by atoms with E-state index in [9.17, 15) is 9.59 Å². The summed E-state index contributed by atoms with van der Waals surface area (Å²) in [5.74, 6) is -0.143. The number of nitrogens with one attached hydrogen (secondary N) is 1. The van der Waals surface area contributed by atoms with Gasteiger partial charge in [-0.1, -0.05) is 13.3 Å². The van der Waals surface area contributed by atoms with Crippen molar-refractivity contribution in [3.05, 3.63) is 24.0 Å². The van der Waals surface area contributed by atoms with Gasteiger partial charge in [-0.2, -0.15) is 0 Å². The number of amides is 2. The van der Waals surface area contributed by atoms with Crippen LogP contribution in [-0.2, 0) is 4.74 Å². The highest BCUT2D eigenvalue weighted by Gasteiger charge is 2.22. The van der Waals surface area contributed by atoms with Crippen LogP contribution in [0.2, 0.25) is 0 Å². The van der Waals surface area contributed by atoms with Gasteiger partial charge in [-0.25, -0.2) is 4.79 Å². The molecule has 1 aromatic heterocycles. The molecule has 2 amide bonds. The molecule has 1 N–H and O–H groups in total. The Hall–Kier alpha value is -2.31. The van der Waals surface area contributed by atoms with E-state index < -0.39 is 0 Å². The number of piperazine rings is 1. The minimum atomic E-state index is -0.261. The fourth-order valence-corrected chi connectivity index (χ4v) is 2.57. The van der Waals surface area contributed by atoms with Crippen molar-refractivity contribution in [2.24, 2.45) is 0 Å². The first-order valence-electron chi connectivity index (χ1n) is 8.56. The lowest BCUT2D eigenvalue weighted by atomic mass is 10.2. The third kappa shape index (κ3) is 4.84. The first-order valence-corrected chi connectivity index (χ1v) is 8.56. The number of aromatic nitrogens is 1. The van der Waals surface area contributed by atoms with E-state index in [0.29, 0.717) is 45.0 Å². The number of anilines is 1. The van der Waals surface area contributed by atoms with Gasteiger partial charge in [0.25, 0.3) is 5.91 Å². The van der Waals surface area contributed by atoms with Crippen LogP contribution in [0, 0.1) is 0 Å². The molecule has 0 spiro atoms. The molecule has 1 fully saturated rings. The molecule has 2 heterocycles. The number of unbranched alkanes of at least 4 members (excludes halogenated alkanes) is 1. The summed E-state index contributed by atoms with van der Waals surface area (Å²) in [6.45, 7) is 7.58. The molecule has 7 nitrogen and oxygen atoms in total. The van der Waals surface area contributed by atoms with Gasteiger partial charge in [-0.05, 0) is 25.5 Å². The highest BCUT2D eigenvalue weighted by atomic mass is 16.6. The van der Waals surface area contributed by atoms with Gasteiger partial charge >= 0.3 is 6.09 Å². The molecule has 132 valence electrons. The summed E-state index contributed by atoms with van der Waals surface area (Å²) in [6.07, 6.45) is 3.39. The number of ether oxygens (including phenoxy) is 1. The predicted molar refractivity (Wildman–Crippen MR) is 92.3 cm³/mol.